The van der Waals surface area contributed by atoms with Crippen LogP contribution in [0.3, 0.4) is 0 Å². The molecule has 33 heavy (non-hydrogen) atoms. The van der Waals surface area contributed by atoms with Crippen LogP contribution in [0.2, 0.25) is 0 Å². The lowest BCUT2D eigenvalue weighted by atomic mass is 9.85. The first-order chi connectivity index (χ1) is 15.5. The molecule has 1 atom stereocenters. The number of carbonyl (C=O) groups excluding carboxylic acids is 2. The molecule has 0 aliphatic carbocycles. The summed E-state index contributed by atoms with van der Waals surface area (Å²) < 4.78 is 5.52. The average Bonchev–Trinajstić information content (AvgIpc) is 3.01. The van der Waals surface area contributed by atoms with Crippen molar-refractivity contribution < 1.29 is 19.4 Å². The number of methoxy groups -OCH3 is 1. The number of carbonyl (C=O) groups is 2. The summed E-state index contributed by atoms with van der Waals surface area (Å²) in [6, 6.07) is 12.6. The van der Waals surface area contributed by atoms with Gasteiger partial charge in [0.2, 0.25) is 0 Å². The van der Waals surface area contributed by atoms with Gasteiger partial charge in [-0.1, -0.05) is 51.1 Å². The first-order valence-electron chi connectivity index (χ1n) is 11.1. The molecule has 0 bridgehead atoms. The van der Waals surface area contributed by atoms with Crippen molar-refractivity contribution in [2.75, 3.05) is 34.3 Å². The highest BCUT2D eigenvalue weighted by molar-refractivity contribution is 6.46. The van der Waals surface area contributed by atoms with Crippen LogP contribution in [0.25, 0.3) is 5.76 Å². The molecule has 1 amide bonds. The second-order valence-corrected chi connectivity index (χ2v) is 9.82. The Bertz CT molecular complexity index is 1100. The lowest BCUT2D eigenvalue weighted by Crippen LogP contribution is -2.35. The predicted octanol–water partition coefficient (Wildman–Crippen LogP) is 4.28. The van der Waals surface area contributed by atoms with Crippen molar-refractivity contribution in [1.29, 1.82) is 0 Å². The number of benzene rings is 2. The molecule has 176 valence electrons. The maximum atomic E-state index is 13.3. The Labute approximate surface area is 196 Å². The summed E-state index contributed by atoms with van der Waals surface area (Å²) in [6.45, 7) is 9.14. The lowest BCUT2D eigenvalue weighted by molar-refractivity contribution is -0.140. The van der Waals surface area contributed by atoms with Crippen LogP contribution in [0.15, 0.2) is 48.0 Å². The zero-order chi connectivity index (χ0) is 24.5. The van der Waals surface area contributed by atoms with Gasteiger partial charge in [0.15, 0.2) is 0 Å². The van der Waals surface area contributed by atoms with Crippen LogP contribution in [0, 0.1) is 6.92 Å². The SMILES string of the molecule is COc1ccc(C(C)(C)C)cc1/C(O)=C1\C(=O)C(=O)N(CCN(C)C)C1c1ccccc1C. The maximum absolute atomic E-state index is 13.3. The van der Waals surface area contributed by atoms with Gasteiger partial charge < -0.3 is 19.6 Å². The van der Waals surface area contributed by atoms with E-state index in [-0.39, 0.29) is 16.7 Å². The van der Waals surface area contributed by atoms with Crippen LogP contribution in [-0.2, 0) is 15.0 Å². The minimum Gasteiger partial charge on any atom is -0.507 e. The number of aryl methyl sites for hydroxylation is 1. The minimum atomic E-state index is -0.678. The molecule has 1 N–H and O–H groups in total. The number of ketones is 1. The van der Waals surface area contributed by atoms with Gasteiger partial charge in [0.1, 0.15) is 11.5 Å². The highest BCUT2D eigenvalue weighted by Crippen LogP contribution is 2.42. The smallest absolute Gasteiger partial charge is 0.295 e. The summed E-state index contributed by atoms with van der Waals surface area (Å²) in [5.41, 5.74) is 3.09. The Morgan fingerprint density at radius 1 is 1.12 bits per heavy atom. The van der Waals surface area contributed by atoms with E-state index < -0.39 is 17.7 Å². The third-order valence-corrected chi connectivity index (χ3v) is 6.13. The number of hydrogen-bond donors (Lipinski definition) is 1. The zero-order valence-corrected chi connectivity index (χ0v) is 20.6. The lowest BCUT2D eigenvalue weighted by Gasteiger charge is -2.28. The molecule has 2 aromatic rings. The number of rotatable bonds is 6. The summed E-state index contributed by atoms with van der Waals surface area (Å²) in [4.78, 5) is 29.9. The van der Waals surface area contributed by atoms with Crippen molar-refractivity contribution >= 4 is 17.4 Å². The highest BCUT2D eigenvalue weighted by atomic mass is 16.5. The van der Waals surface area contributed by atoms with E-state index in [4.69, 9.17) is 4.74 Å². The Morgan fingerprint density at radius 2 is 1.79 bits per heavy atom. The Hall–Kier alpha value is -3.12. The van der Waals surface area contributed by atoms with Gasteiger partial charge in [-0.2, -0.15) is 0 Å². The normalized spacial score (nSPS) is 18.3. The second kappa shape index (κ2) is 9.40. The third-order valence-electron chi connectivity index (χ3n) is 6.13. The second-order valence-electron chi connectivity index (χ2n) is 9.82. The van der Waals surface area contributed by atoms with Gasteiger partial charge in [-0.05, 0) is 55.3 Å². The summed E-state index contributed by atoms with van der Waals surface area (Å²) in [7, 11) is 5.36. The van der Waals surface area contributed by atoms with Gasteiger partial charge >= 0.3 is 0 Å². The van der Waals surface area contributed by atoms with Crippen molar-refractivity contribution in [1.82, 2.24) is 9.80 Å². The van der Waals surface area contributed by atoms with Crippen molar-refractivity contribution in [2.45, 2.75) is 39.2 Å². The average molecular weight is 451 g/mol. The Balaban J connectivity index is 2.27. The van der Waals surface area contributed by atoms with Crippen LogP contribution >= 0.6 is 0 Å². The summed E-state index contributed by atoms with van der Waals surface area (Å²) >= 11 is 0. The van der Waals surface area contributed by atoms with Crippen molar-refractivity contribution in [3.8, 4) is 5.75 Å². The number of amides is 1. The van der Waals surface area contributed by atoms with Gasteiger partial charge in [-0.15, -0.1) is 0 Å². The Kier molecular flexibility index (Phi) is 6.98. The monoisotopic (exact) mass is 450 g/mol. The van der Waals surface area contributed by atoms with E-state index in [9.17, 15) is 14.7 Å². The number of Topliss-reactive ketones (excluding diaryl/α,β-unsaturated/α-hetero) is 1. The van der Waals surface area contributed by atoms with Crippen molar-refractivity contribution in [3.05, 3.63) is 70.3 Å². The number of ether oxygens (including phenoxy) is 1. The predicted molar refractivity (Wildman–Crippen MR) is 130 cm³/mol. The fourth-order valence-corrected chi connectivity index (χ4v) is 4.14. The standard InChI is InChI=1S/C27H34N2O4/c1-17-10-8-9-11-19(17)23-22(25(31)26(32)29(23)15-14-28(5)6)24(30)20-16-18(27(2,3)4)12-13-21(20)33-7/h8-13,16,23,30H,14-15H2,1-7H3/b24-22+. The van der Waals surface area contributed by atoms with Crippen molar-refractivity contribution in [2.24, 2.45) is 0 Å². The van der Waals surface area contributed by atoms with E-state index in [0.717, 1.165) is 16.7 Å². The number of hydrogen-bond acceptors (Lipinski definition) is 5. The first kappa shape index (κ1) is 24.5. The topological polar surface area (TPSA) is 70.1 Å². The van der Waals surface area contributed by atoms with Gasteiger partial charge in [-0.25, -0.2) is 0 Å². The number of nitrogens with zero attached hydrogens (tertiary/aromatic N) is 2. The van der Waals surface area contributed by atoms with E-state index in [1.807, 2.05) is 62.3 Å². The number of likely N-dealkylation sites (tertiary alicyclic amines) is 1. The molecule has 0 aromatic heterocycles. The summed E-state index contributed by atoms with van der Waals surface area (Å²) in [6.07, 6.45) is 0. The van der Waals surface area contributed by atoms with E-state index >= 15 is 0 Å². The molecule has 6 nitrogen and oxygen atoms in total. The molecule has 0 saturated carbocycles. The third kappa shape index (κ3) is 4.81. The highest BCUT2D eigenvalue weighted by Gasteiger charge is 2.46. The first-order valence-corrected chi connectivity index (χ1v) is 11.1. The number of aliphatic hydroxyl groups excluding tert-OH is 1. The Morgan fingerprint density at radius 3 is 2.36 bits per heavy atom. The zero-order valence-electron chi connectivity index (χ0n) is 20.6. The summed E-state index contributed by atoms with van der Waals surface area (Å²) in [5, 5.41) is 11.5. The molecule has 2 aromatic carbocycles. The molecule has 1 fully saturated rings. The number of likely N-dealkylation sites (N-methyl/N-ethyl adjacent to an activating group) is 1. The van der Waals surface area contributed by atoms with Crippen LogP contribution in [0.1, 0.15) is 49.1 Å². The maximum Gasteiger partial charge on any atom is 0.295 e. The molecule has 0 radical (unpaired) electrons. The van der Waals surface area contributed by atoms with E-state index in [2.05, 4.69) is 20.8 Å². The fraction of sp³-hybridized carbons (Fsp3) is 0.407. The van der Waals surface area contributed by atoms with Gasteiger partial charge in [0, 0.05) is 13.1 Å². The fourth-order valence-electron chi connectivity index (χ4n) is 4.14. The molecule has 1 heterocycles. The van der Waals surface area contributed by atoms with Gasteiger partial charge in [-0.3, -0.25) is 9.59 Å². The largest absolute Gasteiger partial charge is 0.507 e. The van der Waals surface area contributed by atoms with E-state index in [1.165, 1.54) is 7.11 Å². The molecule has 1 saturated heterocycles. The van der Waals surface area contributed by atoms with Crippen LogP contribution in [0.4, 0.5) is 0 Å². The van der Waals surface area contributed by atoms with E-state index in [1.54, 1.807) is 11.0 Å². The molecular weight excluding hydrogens is 416 g/mol. The van der Waals surface area contributed by atoms with E-state index in [0.29, 0.717) is 24.4 Å². The van der Waals surface area contributed by atoms with Crippen LogP contribution in [-0.4, -0.2) is 60.9 Å². The van der Waals surface area contributed by atoms with Crippen LogP contribution < -0.4 is 4.74 Å². The number of aliphatic hydroxyl groups is 1. The van der Waals surface area contributed by atoms with Gasteiger partial charge in [0.05, 0.1) is 24.3 Å². The molecular formula is C27H34N2O4. The quantitative estimate of drug-likeness (QED) is 0.404. The molecule has 1 aliphatic rings. The molecule has 6 heteroatoms. The van der Waals surface area contributed by atoms with Crippen LogP contribution in [0.5, 0.6) is 5.75 Å². The van der Waals surface area contributed by atoms with Crippen molar-refractivity contribution in [3.63, 3.8) is 0 Å². The molecule has 3 rings (SSSR count). The molecule has 0 spiro atoms. The summed E-state index contributed by atoms with van der Waals surface area (Å²) in [5.74, 6) is -1.04. The molecule has 1 aliphatic heterocycles. The molecule has 1 unspecified atom stereocenters. The minimum absolute atomic E-state index is 0.0948. The van der Waals surface area contributed by atoms with Gasteiger partial charge in [0.25, 0.3) is 11.7 Å².